The third-order valence-electron chi connectivity index (χ3n) is 3.52. The molecule has 120 valence electrons. The minimum absolute atomic E-state index is 0.000376. The van der Waals surface area contributed by atoms with Gasteiger partial charge in [0, 0.05) is 18.9 Å². The van der Waals surface area contributed by atoms with Crippen LogP contribution in [0.1, 0.15) is 11.8 Å². The number of aliphatic hydroxyl groups is 1. The Bertz CT molecular complexity index is 673. The van der Waals surface area contributed by atoms with Gasteiger partial charge in [-0.3, -0.25) is 14.3 Å². The molecule has 0 bridgehead atoms. The van der Waals surface area contributed by atoms with E-state index in [0.29, 0.717) is 5.56 Å². The van der Waals surface area contributed by atoms with Gasteiger partial charge in [0.1, 0.15) is 24.9 Å². The van der Waals surface area contributed by atoms with Gasteiger partial charge in [0.25, 0.3) is 5.56 Å². The van der Waals surface area contributed by atoms with E-state index in [0.717, 1.165) is 0 Å². The van der Waals surface area contributed by atoms with Gasteiger partial charge >= 0.3 is 5.69 Å². The van der Waals surface area contributed by atoms with Crippen LogP contribution in [-0.2, 0) is 14.2 Å². The molecule has 1 aromatic heterocycles. The van der Waals surface area contributed by atoms with Crippen LogP contribution in [0.4, 0.5) is 0 Å². The van der Waals surface area contributed by atoms with Crippen molar-refractivity contribution in [1.29, 1.82) is 0 Å². The van der Waals surface area contributed by atoms with Crippen molar-refractivity contribution in [3.63, 3.8) is 0 Å². The molecular formula is C14H18N2O6. The van der Waals surface area contributed by atoms with Gasteiger partial charge in [0.15, 0.2) is 6.23 Å². The average Bonchev–Trinajstić information content (AvgIpc) is 2.86. The van der Waals surface area contributed by atoms with E-state index >= 15 is 0 Å². The summed E-state index contributed by atoms with van der Waals surface area (Å²) in [5.74, 6) is 2.34. The number of terminal acetylenes is 1. The standard InChI is InChI=1S/C14H18N2O6/c1-4-5-21-11-10(20-3)9(7-17)22-13(11)16-6-8(2)12(18)15-14(16)19/h1,6,9-11,13,17H,5,7H2,2-3H3,(H,15,18,19). The fourth-order valence-electron chi connectivity index (χ4n) is 2.46. The molecule has 1 aromatic rings. The number of aromatic amines is 1. The summed E-state index contributed by atoms with van der Waals surface area (Å²) in [7, 11) is 1.45. The lowest BCUT2D eigenvalue weighted by Gasteiger charge is -2.23. The zero-order chi connectivity index (χ0) is 16.3. The minimum atomic E-state index is -0.863. The molecule has 2 N–H and O–H groups in total. The first-order valence-corrected chi connectivity index (χ1v) is 6.69. The van der Waals surface area contributed by atoms with E-state index in [1.165, 1.54) is 17.9 Å². The second-order valence-electron chi connectivity index (χ2n) is 4.91. The summed E-state index contributed by atoms with van der Waals surface area (Å²) in [6.45, 7) is 1.26. The molecule has 0 spiro atoms. The number of methoxy groups -OCH3 is 1. The predicted molar refractivity (Wildman–Crippen MR) is 76.4 cm³/mol. The van der Waals surface area contributed by atoms with Crippen molar-refractivity contribution < 1.29 is 19.3 Å². The highest BCUT2D eigenvalue weighted by Gasteiger charge is 2.46. The van der Waals surface area contributed by atoms with Gasteiger partial charge in [-0.05, 0) is 6.92 Å². The number of hydrogen-bond acceptors (Lipinski definition) is 6. The first-order valence-electron chi connectivity index (χ1n) is 6.69. The van der Waals surface area contributed by atoms with Crippen LogP contribution in [0.5, 0.6) is 0 Å². The molecule has 1 aliphatic rings. The highest BCUT2D eigenvalue weighted by molar-refractivity contribution is 5.03. The van der Waals surface area contributed by atoms with Crippen LogP contribution in [0.2, 0.25) is 0 Å². The molecule has 4 unspecified atom stereocenters. The third-order valence-corrected chi connectivity index (χ3v) is 3.52. The van der Waals surface area contributed by atoms with Gasteiger partial charge in [0.2, 0.25) is 0 Å². The maximum absolute atomic E-state index is 12.0. The Labute approximate surface area is 126 Å². The highest BCUT2D eigenvalue weighted by Crippen LogP contribution is 2.32. The molecule has 8 heteroatoms. The Morgan fingerprint density at radius 3 is 2.82 bits per heavy atom. The number of hydrogen-bond donors (Lipinski definition) is 2. The van der Waals surface area contributed by atoms with Crippen molar-refractivity contribution in [1.82, 2.24) is 9.55 Å². The fourth-order valence-corrected chi connectivity index (χ4v) is 2.46. The molecule has 22 heavy (non-hydrogen) atoms. The van der Waals surface area contributed by atoms with Crippen LogP contribution >= 0.6 is 0 Å². The second-order valence-corrected chi connectivity index (χ2v) is 4.91. The molecule has 1 saturated heterocycles. The number of nitrogens with zero attached hydrogens (tertiary/aromatic N) is 1. The number of aliphatic hydroxyl groups excluding tert-OH is 1. The maximum atomic E-state index is 12.0. The van der Waals surface area contributed by atoms with E-state index in [1.54, 1.807) is 6.92 Å². The molecule has 0 amide bonds. The van der Waals surface area contributed by atoms with Crippen molar-refractivity contribution in [3.8, 4) is 12.3 Å². The minimum Gasteiger partial charge on any atom is -0.394 e. The van der Waals surface area contributed by atoms with Gasteiger partial charge in [-0.2, -0.15) is 0 Å². The topological polar surface area (TPSA) is 103 Å². The Morgan fingerprint density at radius 1 is 1.50 bits per heavy atom. The lowest BCUT2D eigenvalue weighted by Crippen LogP contribution is -2.40. The molecule has 0 radical (unpaired) electrons. The third kappa shape index (κ3) is 2.98. The molecule has 0 saturated carbocycles. The van der Waals surface area contributed by atoms with Gasteiger partial charge in [-0.25, -0.2) is 4.79 Å². The fraction of sp³-hybridized carbons (Fsp3) is 0.571. The summed E-state index contributed by atoms with van der Waals surface area (Å²) < 4.78 is 17.7. The van der Waals surface area contributed by atoms with Crippen LogP contribution in [0.25, 0.3) is 0 Å². The molecule has 2 heterocycles. The van der Waals surface area contributed by atoms with Gasteiger partial charge in [-0.15, -0.1) is 6.42 Å². The average molecular weight is 310 g/mol. The molecule has 0 aliphatic carbocycles. The van der Waals surface area contributed by atoms with Crippen molar-refractivity contribution in [2.45, 2.75) is 31.5 Å². The number of aromatic nitrogens is 2. The molecule has 2 rings (SSSR count). The van der Waals surface area contributed by atoms with E-state index in [-0.39, 0.29) is 13.2 Å². The largest absolute Gasteiger partial charge is 0.394 e. The van der Waals surface area contributed by atoms with E-state index in [2.05, 4.69) is 10.9 Å². The van der Waals surface area contributed by atoms with Crippen LogP contribution in [-0.4, -0.2) is 53.3 Å². The molecule has 4 atom stereocenters. The summed E-state index contributed by atoms with van der Waals surface area (Å²) in [6, 6.07) is 0. The van der Waals surface area contributed by atoms with Crippen molar-refractivity contribution in [3.05, 3.63) is 32.6 Å². The van der Waals surface area contributed by atoms with Crippen LogP contribution in [0.15, 0.2) is 15.8 Å². The first-order chi connectivity index (χ1) is 10.5. The zero-order valence-corrected chi connectivity index (χ0v) is 12.3. The monoisotopic (exact) mass is 310 g/mol. The zero-order valence-electron chi connectivity index (χ0n) is 12.3. The van der Waals surface area contributed by atoms with E-state index < -0.39 is 35.8 Å². The maximum Gasteiger partial charge on any atom is 0.330 e. The molecule has 0 aromatic carbocycles. The second kappa shape index (κ2) is 6.89. The molecule has 1 fully saturated rings. The lowest BCUT2D eigenvalue weighted by atomic mass is 10.1. The molecular weight excluding hydrogens is 292 g/mol. The SMILES string of the molecule is C#CCOC1C(OC)C(CO)OC1n1cc(C)c(=O)[nH]c1=O. The first kappa shape index (κ1) is 16.5. The van der Waals surface area contributed by atoms with Crippen LogP contribution in [0, 0.1) is 19.3 Å². The Balaban J connectivity index is 2.43. The van der Waals surface area contributed by atoms with Gasteiger partial charge < -0.3 is 19.3 Å². The Kier molecular flexibility index (Phi) is 5.15. The number of aryl methyl sites for hydroxylation is 1. The summed E-state index contributed by atoms with van der Waals surface area (Å²) in [5.41, 5.74) is -0.758. The van der Waals surface area contributed by atoms with Crippen molar-refractivity contribution >= 4 is 0 Å². The normalized spacial score (nSPS) is 27.7. The predicted octanol–water partition coefficient (Wildman–Crippen LogP) is -1.23. The Morgan fingerprint density at radius 2 is 2.23 bits per heavy atom. The quantitative estimate of drug-likeness (QED) is 0.660. The van der Waals surface area contributed by atoms with Crippen LogP contribution < -0.4 is 11.2 Å². The van der Waals surface area contributed by atoms with E-state index in [4.69, 9.17) is 20.6 Å². The Hall–Kier alpha value is -1.92. The van der Waals surface area contributed by atoms with Crippen LogP contribution in [0.3, 0.4) is 0 Å². The molecule has 8 nitrogen and oxygen atoms in total. The number of nitrogens with one attached hydrogen (secondary N) is 1. The highest BCUT2D eigenvalue weighted by atomic mass is 16.6. The van der Waals surface area contributed by atoms with Crippen molar-refractivity contribution in [2.24, 2.45) is 0 Å². The summed E-state index contributed by atoms with van der Waals surface area (Å²) in [6.07, 6.45) is 3.76. The number of H-pyrrole nitrogens is 1. The van der Waals surface area contributed by atoms with E-state index in [1.807, 2.05) is 0 Å². The summed E-state index contributed by atoms with van der Waals surface area (Å²) in [4.78, 5) is 25.7. The van der Waals surface area contributed by atoms with Crippen molar-refractivity contribution in [2.75, 3.05) is 20.3 Å². The number of rotatable bonds is 5. The van der Waals surface area contributed by atoms with E-state index in [9.17, 15) is 14.7 Å². The smallest absolute Gasteiger partial charge is 0.330 e. The summed E-state index contributed by atoms with van der Waals surface area (Å²) in [5, 5.41) is 9.40. The summed E-state index contributed by atoms with van der Waals surface area (Å²) >= 11 is 0. The lowest BCUT2D eigenvalue weighted by molar-refractivity contribution is -0.0683. The number of ether oxygens (including phenoxy) is 3. The van der Waals surface area contributed by atoms with Gasteiger partial charge in [0.05, 0.1) is 6.61 Å². The van der Waals surface area contributed by atoms with Gasteiger partial charge in [-0.1, -0.05) is 5.92 Å². The molecule has 1 aliphatic heterocycles.